The van der Waals surface area contributed by atoms with Gasteiger partial charge in [-0.15, -0.1) is 0 Å². The highest BCUT2D eigenvalue weighted by Gasteiger charge is 2.51. The van der Waals surface area contributed by atoms with Gasteiger partial charge >= 0.3 is 0 Å². The minimum Gasteiger partial charge on any atom is -0.392 e. The van der Waals surface area contributed by atoms with Crippen LogP contribution in [0.2, 0.25) is 0 Å². The van der Waals surface area contributed by atoms with E-state index in [2.05, 4.69) is 36.4 Å². The smallest absolute Gasteiger partial charge is 0.0709 e. The van der Waals surface area contributed by atoms with Gasteiger partial charge in [0.05, 0.1) is 17.3 Å². The van der Waals surface area contributed by atoms with E-state index in [-0.39, 0.29) is 11.7 Å². The predicted octanol–water partition coefficient (Wildman–Crippen LogP) is 3.76. The van der Waals surface area contributed by atoms with Crippen molar-refractivity contribution >= 4 is 19.7 Å². The molecule has 1 fully saturated rings. The molecule has 0 saturated carbocycles. The van der Waals surface area contributed by atoms with Crippen LogP contribution in [0.5, 0.6) is 0 Å². The van der Waals surface area contributed by atoms with E-state index in [0.29, 0.717) is 5.75 Å². The molecule has 3 aromatic rings. The summed E-state index contributed by atoms with van der Waals surface area (Å²) in [6.45, 7) is 0. The molecule has 0 bridgehead atoms. The lowest BCUT2D eigenvalue weighted by Gasteiger charge is -2.42. The van der Waals surface area contributed by atoms with Crippen LogP contribution >= 0.6 is 0 Å². The first kappa shape index (κ1) is 18.4. The Morgan fingerprint density at radius 3 is 1.41 bits per heavy atom. The average Bonchev–Trinajstić information content (AvgIpc) is 2.98. The number of hydrogen-bond acceptors (Lipinski definition) is 3. The molecule has 4 heteroatoms. The molecule has 0 spiro atoms. The third-order valence-electron chi connectivity index (χ3n) is 5.57. The van der Waals surface area contributed by atoms with E-state index >= 15 is 0 Å². The minimum absolute atomic E-state index is 0.182. The maximum absolute atomic E-state index is 12.8. The van der Waals surface area contributed by atoms with Crippen LogP contribution in [-0.2, 0) is 25.1 Å². The second-order valence-corrected chi connectivity index (χ2v) is 11.1. The summed E-state index contributed by atoms with van der Waals surface area (Å²) in [7, 11) is -2.47. The van der Waals surface area contributed by atoms with E-state index in [9.17, 15) is 9.32 Å². The molecule has 1 saturated heterocycles. The molecule has 3 unspecified atom stereocenters. The predicted molar refractivity (Wildman–Crippen MR) is 114 cm³/mol. The van der Waals surface area contributed by atoms with Crippen LogP contribution < -0.4 is 0 Å². The first-order valence-electron chi connectivity index (χ1n) is 9.09. The Bertz CT molecular complexity index is 903. The van der Waals surface area contributed by atoms with Crippen molar-refractivity contribution < 1.29 is 9.32 Å². The van der Waals surface area contributed by atoms with E-state index in [1.165, 1.54) is 0 Å². The summed E-state index contributed by atoms with van der Waals surface area (Å²) in [4.78, 5) is 0. The highest BCUT2D eigenvalue weighted by molar-refractivity contribution is 8.33. The van der Waals surface area contributed by atoms with Crippen molar-refractivity contribution in [2.45, 2.75) is 11.5 Å². The van der Waals surface area contributed by atoms with Gasteiger partial charge in [0.15, 0.2) is 0 Å². The van der Waals surface area contributed by atoms with Crippen LogP contribution in [0, 0.1) is 5.92 Å². The monoisotopic (exact) mass is 394 g/mol. The molecule has 4 rings (SSSR count). The van der Waals surface area contributed by atoms with E-state index in [4.69, 9.17) is 11.2 Å². The molecule has 3 aromatic carbocycles. The third kappa shape index (κ3) is 3.22. The SMILES string of the molecule is O=S1(=S)CC(O)C(C(c2ccccc2)(c2ccccc2)c2ccccc2)C1. The van der Waals surface area contributed by atoms with Gasteiger partial charge in [-0.3, -0.25) is 4.21 Å². The molecule has 1 aliphatic rings. The summed E-state index contributed by atoms with van der Waals surface area (Å²) >= 11 is 5.35. The summed E-state index contributed by atoms with van der Waals surface area (Å²) < 4.78 is 12.8. The van der Waals surface area contributed by atoms with Gasteiger partial charge in [-0.1, -0.05) is 91.0 Å². The Morgan fingerprint density at radius 2 is 1.11 bits per heavy atom. The Kier molecular flexibility index (Phi) is 4.89. The number of benzene rings is 3. The van der Waals surface area contributed by atoms with Crippen molar-refractivity contribution in [1.29, 1.82) is 0 Å². The Labute approximate surface area is 165 Å². The molecule has 0 aliphatic carbocycles. The number of aliphatic hydroxyl groups excluding tert-OH is 1. The van der Waals surface area contributed by atoms with E-state index < -0.39 is 20.0 Å². The zero-order valence-electron chi connectivity index (χ0n) is 14.9. The van der Waals surface area contributed by atoms with Crippen LogP contribution in [0.3, 0.4) is 0 Å². The first-order valence-corrected chi connectivity index (χ1v) is 11.9. The van der Waals surface area contributed by atoms with Crippen molar-refractivity contribution in [3.8, 4) is 0 Å². The fourth-order valence-electron chi connectivity index (χ4n) is 4.49. The van der Waals surface area contributed by atoms with Gasteiger partial charge in [0, 0.05) is 20.2 Å². The molecule has 27 heavy (non-hydrogen) atoms. The normalized spacial score (nSPS) is 25.4. The van der Waals surface area contributed by atoms with Crippen LogP contribution in [0.1, 0.15) is 16.7 Å². The largest absolute Gasteiger partial charge is 0.392 e. The van der Waals surface area contributed by atoms with Gasteiger partial charge in [-0.05, 0) is 27.9 Å². The molecule has 0 amide bonds. The van der Waals surface area contributed by atoms with Crippen molar-refractivity contribution in [2.75, 3.05) is 11.5 Å². The van der Waals surface area contributed by atoms with Gasteiger partial charge in [-0.25, -0.2) is 0 Å². The molecular formula is C23H22O2S2. The van der Waals surface area contributed by atoms with Gasteiger partial charge in [0.25, 0.3) is 0 Å². The molecule has 3 atom stereocenters. The van der Waals surface area contributed by atoms with Gasteiger partial charge in [-0.2, -0.15) is 0 Å². The number of rotatable bonds is 4. The van der Waals surface area contributed by atoms with Gasteiger partial charge in [0.2, 0.25) is 0 Å². The topological polar surface area (TPSA) is 37.3 Å². The van der Waals surface area contributed by atoms with Crippen LogP contribution in [-0.4, -0.2) is 26.9 Å². The number of hydrogen-bond donors (Lipinski definition) is 1. The maximum Gasteiger partial charge on any atom is 0.0709 e. The summed E-state index contributed by atoms with van der Waals surface area (Å²) in [5.41, 5.74) is 2.64. The van der Waals surface area contributed by atoms with Crippen LogP contribution in [0.4, 0.5) is 0 Å². The quantitative estimate of drug-likeness (QED) is 0.685. The van der Waals surface area contributed by atoms with E-state index in [0.717, 1.165) is 16.7 Å². The summed E-state index contributed by atoms with van der Waals surface area (Å²) in [6, 6.07) is 30.6. The fourth-order valence-corrected chi connectivity index (χ4v) is 7.25. The summed E-state index contributed by atoms with van der Waals surface area (Å²) in [5, 5.41) is 11.0. The van der Waals surface area contributed by atoms with Crippen LogP contribution in [0.15, 0.2) is 91.0 Å². The first-order chi connectivity index (χ1) is 13.0. The van der Waals surface area contributed by atoms with E-state index in [1.807, 2.05) is 54.6 Å². The zero-order valence-corrected chi connectivity index (χ0v) is 16.5. The van der Waals surface area contributed by atoms with Crippen molar-refractivity contribution in [3.05, 3.63) is 108 Å². The average molecular weight is 395 g/mol. The third-order valence-corrected chi connectivity index (χ3v) is 8.10. The lowest BCUT2D eigenvalue weighted by Crippen LogP contribution is -2.43. The standard InChI is InChI=1S/C23H22O2S2/c24-22-17-27(25,26)16-21(22)23(18-10-4-1-5-11-18,19-12-6-2-7-13-19)20-14-8-3-9-15-20/h1-15,21-22,24H,16-17H2. The summed E-state index contributed by atoms with van der Waals surface area (Å²) in [6.07, 6.45) is -0.712. The highest BCUT2D eigenvalue weighted by Crippen LogP contribution is 2.49. The molecular weight excluding hydrogens is 372 g/mol. The number of aliphatic hydroxyl groups is 1. The molecule has 138 valence electrons. The zero-order chi connectivity index (χ0) is 18.9. The van der Waals surface area contributed by atoms with E-state index in [1.54, 1.807) is 0 Å². The molecule has 0 aromatic heterocycles. The molecule has 1 heterocycles. The lowest BCUT2D eigenvalue weighted by molar-refractivity contribution is 0.121. The molecule has 0 radical (unpaired) electrons. The Balaban J connectivity index is 2.07. The van der Waals surface area contributed by atoms with Crippen molar-refractivity contribution in [3.63, 3.8) is 0 Å². The van der Waals surface area contributed by atoms with Crippen molar-refractivity contribution in [1.82, 2.24) is 0 Å². The lowest BCUT2D eigenvalue weighted by atomic mass is 9.61. The van der Waals surface area contributed by atoms with Crippen LogP contribution in [0.25, 0.3) is 0 Å². The molecule has 1 aliphatic heterocycles. The Hall–Kier alpha value is -2.01. The maximum atomic E-state index is 12.8. The molecule has 1 N–H and O–H groups in total. The van der Waals surface area contributed by atoms with Crippen molar-refractivity contribution in [2.24, 2.45) is 5.92 Å². The molecule has 2 nitrogen and oxygen atoms in total. The second kappa shape index (κ2) is 7.19. The highest BCUT2D eigenvalue weighted by atomic mass is 32.8. The minimum atomic E-state index is -2.47. The fraction of sp³-hybridized carbons (Fsp3) is 0.217. The Morgan fingerprint density at radius 1 is 0.741 bits per heavy atom. The van der Waals surface area contributed by atoms with Gasteiger partial charge in [0.1, 0.15) is 0 Å². The summed E-state index contributed by atoms with van der Waals surface area (Å²) in [5.74, 6) is 0.262. The van der Waals surface area contributed by atoms with Gasteiger partial charge < -0.3 is 5.11 Å². The second-order valence-electron chi connectivity index (χ2n) is 7.16.